The van der Waals surface area contributed by atoms with Gasteiger partial charge in [0.1, 0.15) is 6.10 Å². The molecule has 86 valence electrons. The molecule has 1 amide bonds. The lowest BCUT2D eigenvalue weighted by Crippen LogP contribution is -2.28. The van der Waals surface area contributed by atoms with Gasteiger partial charge in [-0.25, -0.2) is 4.79 Å². The smallest absolute Gasteiger partial charge is 0.410 e. The molecule has 2 rings (SSSR count). The molecule has 3 nitrogen and oxygen atoms in total. The first kappa shape index (κ1) is 11.0. The van der Waals surface area contributed by atoms with Gasteiger partial charge in [-0.05, 0) is 18.9 Å². The highest BCUT2D eigenvalue weighted by Crippen LogP contribution is 2.26. The number of benzene rings is 1. The standard InChI is InChI=1S/C13H17NO2/c1-3-12-9-14(13(15)16-12)10(2)11-7-5-4-6-8-11/h4-8,10,12H,3,9H2,1-2H3/t10-,12+/m1/s1. The van der Waals surface area contributed by atoms with Crippen LogP contribution in [0, 0.1) is 0 Å². The zero-order valence-corrected chi connectivity index (χ0v) is 9.72. The predicted octanol–water partition coefficient (Wildman–Crippen LogP) is 2.98. The zero-order chi connectivity index (χ0) is 11.5. The van der Waals surface area contributed by atoms with Gasteiger partial charge in [-0.3, -0.25) is 4.90 Å². The minimum absolute atomic E-state index is 0.0543. The predicted molar refractivity (Wildman–Crippen MR) is 62.1 cm³/mol. The number of cyclic esters (lactones) is 1. The van der Waals surface area contributed by atoms with E-state index in [0.29, 0.717) is 6.54 Å². The van der Waals surface area contributed by atoms with E-state index < -0.39 is 0 Å². The minimum atomic E-state index is -0.191. The highest BCUT2D eigenvalue weighted by atomic mass is 16.6. The monoisotopic (exact) mass is 219 g/mol. The largest absolute Gasteiger partial charge is 0.444 e. The van der Waals surface area contributed by atoms with E-state index in [1.807, 2.05) is 44.2 Å². The first-order chi connectivity index (χ1) is 7.72. The summed E-state index contributed by atoms with van der Waals surface area (Å²) < 4.78 is 5.25. The van der Waals surface area contributed by atoms with Gasteiger partial charge in [-0.1, -0.05) is 37.3 Å². The molecule has 1 saturated heterocycles. The summed E-state index contributed by atoms with van der Waals surface area (Å²) in [6.07, 6.45) is 0.742. The lowest BCUT2D eigenvalue weighted by molar-refractivity contribution is 0.127. The molecule has 1 aliphatic heterocycles. The van der Waals surface area contributed by atoms with Crippen molar-refractivity contribution in [2.24, 2.45) is 0 Å². The lowest BCUT2D eigenvalue weighted by atomic mass is 10.1. The summed E-state index contributed by atoms with van der Waals surface area (Å²) in [6.45, 7) is 4.77. The molecule has 1 fully saturated rings. The Balaban J connectivity index is 2.11. The van der Waals surface area contributed by atoms with Crippen LogP contribution in [0.1, 0.15) is 31.9 Å². The van der Waals surface area contributed by atoms with Gasteiger partial charge in [0.2, 0.25) is 0 Å². The van der Waals surface area contributed by atoms with Crippen LogP contribution in [0.3, 0.4) is 0 Å². The van der Waals surface area contributed by atoms with Crippen molar-refractivity contribution in [1.82, 2.24) is 4.90 Å². The lowest BCUT2D eigenvalue weighted by Gasteiger charge is -2.22. The molecule has 1 aromatic rings. The molecular formula is C13H17NO2. The summed E-state index contributed by atoms with van der Waals surface area (Å²) in [4.78, 5) is 13.5. The molecule has 16 heavy (non-hydrogen) atoms. The Bertz CT molecular complexity index is 363. The van der Waals surface area contributed by atoms with Crippen LogP contribution in [0.4, 0.5) is 4.79 Å². The fourth-order valence-corrected chi connectivity index (χ4v) is 1.98. The molecule has 0 saturated carbocycles. The molecule has 1 aliphatic rings. The van der Waals surface area contributed by atoms with Gasteiger partial charge in [-0.15, -0.1) is 0 Å². The third-order valence-corrected chi connectivity index (χ3v) is 3.11. The van der Waals surface area contributed by atoms with E-state index >= 15 is 0 Å². The minimum Gasteiger partial charge on any atom is -0.444 e. The molecular weight excluding hydrogens is 202 g/mol. The van der Waals surface area contributed by atoms with Gasteiger partial charge in [0.05, 0.1) is 12.6 Å². The summed E-state index contributed by atoms with van der Waals surface area (Å²) in [5, 5.41) is 0. The van der Waals surface area contributed by atoms with Crippen molar-refractivity contribution in [3.8, 4) is 0 Å². The first-order valence-electron chi connectivity index (χ1n) is 5.74. The van der Waals surface area contributed by atoms with E-state index in [1.54, 1.807) is 4.90 Å². The molecule has 1 aromatic carbocycles. The van der Waals surface area contributed by atoms with Crippen LogP contribution in [0.2, 0.25) is 0 Å². The van der Waals surface area contributed by atoms with Crippen LogP contribution in [-0.2, 0) is 4.74 Å². The van der Waals surface area contributed by atoms with Gasteiger partial charge in [0, 0.05) is 0 Å². The van der Waals surface area contributed by atoms with Crippen molar-refractivity contribution >= 4 is 6.09 Å². The van der Waals surface area contributed by atoms with Crippen molar-refractivity contribution in [2.45, 2.75) is 32.4 Å². The van der Waals surface area contributed by atoms with Crippen molar-refractivity contribution in [3.05, 3.63) is 35.9 Å². The van der Waals surface area contributed by atoms with Gasteiger partial charge in [-0.2, -0.15) is 0 Å². The number of nitrogens with zero attached hydrogens (tertiary/aromatic N) is 1. The molecule has 0 unspecified atom stereocenters. The van der Waals surface area contributed by atoms with Crippen molar-refractivity contribution in [2.75, 3.05) is 6.54 Å². The summed E-state index contributed by atoms with van der Waals surface area (Å²) in [7, 11) is 0. The second kappa shape index (κ2) is 4.56. The Morgan fingerprint density at radius 2 is 2.12 bits per heavy atom. The molecule has 2 atom stereocenters. The molecule has 1 heterocycles. The summed E-state index contributed by atoms with van der Waals surface area (Å²) in [5.41, 5.74) is 1.15. The van der Waals surface area contributed by atoms with E-state index in [4.69, 9.17) is 4.74 Å². The average molecular weight is 219 g/mol. The van der Waals surface area contributed by atoms with Gasteiger partial charge >= 0.3 is 6.09 Å². The molecule has 0 spiro atoms. The summed E-state index contributed by atoms with van der Waals surface area (Å²) >= 11 is 0. The third-order valence-electron chi connectivity index (χ3n) is 3.11. The van der Waals surface area contributed by atoms with Gasteiger partial charge in [0.15, 0.2) is 0 Å². The van der Waals surface area contributed by atoms with E-state index in [1.165, 1.54) is 0 Å². The van der Waals surface area contributed by atoms with Crippen LogP contribution < -0.4 is 0 Å². The first-order valence-corrected chi connectivity index (χ1v) is 5.74. The van der Waals surface area contributed by atoms with Crippen molar-refractivity contribution in [3.63, 3.8) is 0 Å². The molecule has 0 aromatic heterocycles. The summed E-state index contributed by atoms with van der Waals surface area (Å²) in [5.74, 6) is 0. The Labute approximate surface area is 96.0 Å². The van der Waals surface area contributed by atoms with Crippen LogP contribution in [0.5, 0.6) is 0 Å². The Morgan fingerprint density at radius 3 is 2.69 bits per heavy atom. The number of carbonyl (C=O) groups is 1. The highest BCUT2D eigenvalue weighted by molar-refractivity contribution is 5.70. The maximum Gasteiger partial charge on any atom is 0.410 e. The number of carbonyl (C=O) groups excluding carboxylic acids is 1. The highest BCUT2D eigenvalue weighted by Gasteiger charge is 2.33. The number of rotatable bonds is 3. The Hall–Kier alpha value is -1.51. The second-order valence-electron chi connectivity index (χ2n) is 4.15. The molecule has 0 N–H and O–H groups in total. The number of hydrogen-bond acceptors (Lipinski definition) is 2. The Morgan fingerprint density at radius 1 is 1.44 bits per heavy atom. The van der Waals surface area contributed by atoms with E-state index in [0.717, 1.165) is 12.0 Å². The maximum atomic E-state index is 11.7. The quantitative estimate of drug-likeness (QED) is 0.782. The average Bonchev–Trinajstić information content (AvgIpc) is 2.71. The van der Waals surface area contributed by atoms with Crippen molar-refractivity contribution in [1.29, 1.82) is 0 Å². The number of ether oxygens (including phenoxy) is 1. The van der Waals surface area contributed by atoms with E-state index in [-0.39, 0.29) is 18.2 Å². The van der Waals surface area contributed by atoms with Crippen LogP contribution in [-0.4, -0.2) is 23.6 Å². The van der Waals surface area contributed by atoms with Crippen molar-refractivity contribution < 1.29 is 9.53 Å². The zero-order valence-electron chi connectivity index (χ0n) is 9.72. The van der Waals surface area contributed by atoms with Gasteiger partial charge in [0.25, 0.3) is 0 Å². The number of hydrogen-bond donors (Lipinski definition) is 0. The summed E-state index contributed by atoms with van der Waals surface area (Å²) in [6, 6.07) is 10.1. The van der Waals surface area contributed by atoms with Crippen LogP contribution in [0.15, 0.2) is 30.3 Å². The molecule has 3 heteroatoms. The third kappa shape index (κ3) is 2.03. The molecule has 0 radical (unpaired) electrons. The maximum absolute atomic E-state index is 11.7. The van der Waals surface area contributed by atoms with Crippen LogP contribution in [0.25, 0.3) is 0 Å². The van der Waals surface area contributed by atoms with Gasteiger partial charge < -0.3 is 4.74 Å². The topological polar surface area (TPSA) is 29.5 Å². The van der Waals surface area contributed by atoms with Crippen LogP contribution >= 0.6 is 0 Å². The van der Waals surface area contributed by atoms with E-state index in [9.17, 15) is 4.79 Å². The fraction of sp³-hybridized carbons (Fsp3) is 0.462. The number of amides is 1. The molecule has 0 aliphatic carbocycles. The molecule has 0 bridgehead atoms. The fourth-order valence-electron chi connectivity index (χ4n) is 1.98. The van der Waals surface area contributed by atoms with E-state index in [2.05, 4.69) is 0 Å². The second-order valence-corrected chi connectivity index (χ2v) is 4.15. The Kier molecular flexibility index (Phi) is 3.13. The normalized spacial score (nSPS) is 22.0. The SMILES string of the molecule is CC[C@H]1CN([C@H](C)c2ccccc2)C(=O)O1.